The van der Waals surface area contributed by atoms with E-state index in [2.05, 4.69) is 10.4 Å². The molecule has 0 radical (unpaired) electrons. The van der Waals surface area contributed by atoms with E-state index in [1.807, 2.05) is 38.1 Å². The first-order valence-corrected chi connectivity index (χ1v) is 9.99. The Kier molecular flexibility index (Phi) is 6.95. The number of aromatic nitrogens is 2. The molecule has 0 saturated carbocycles. The van der Waals surface area contributed by atoms with Crippen molar-refractivity contribution in [1.82, 2.24) is 15.1 Å². The first-order chi connectivity index (χ1) is 14.5. The third kappa shape index (κ3) is 4.92. The second kappa shape index (κ2) is 9.82. The Balaban J connectivity index is 1.71. The van der Waals surface area contributed by atoms with Crippen molar-refractivity contribution in [2.75, 3.05) is 6.61 Å². The summed E-state index contributed by atoms with van der Waals surface area (Å²) in [6.07, 6.45) is 1.66. The molecule has 1 N–H and O–H groups in total. The summed E-state index contributed by atoms with van der Waals surface area (Å²) in [7, 11) is 0. The van der Waals surface area contributed by atoms with Gasteiger partial charge in [0.25, 0.3) is 11.5 Å². The third-order valence-corrected chi connectivity index (χ3v) is 4.86. The molecule has 7 nitrogen and oxygen atoms in total. The van der Waals surface area contributed by atoms with E-state index >= 15 is 0 Å². The number of fused-ring (bicyclic) bond motifs is 1. The van der Waals surface area contributed by atoms with E-state index < -0.39 is 18.5 Å². The molecule has 3 rings (SSSR count). The fourth-order valence-electron chi connectivity index (χ4n) is 3.10. The average molecular weight is 407 g/mol. The number of amides is 1. The molecular weight excluding hydrogens is 382 g/mol. The van der Waals surface area contributed by atoms with E-state index in [1.54, 1.807) is 24.3 Å². The molecule has 0 spiro atoms. The maximum Gasteiger partial charge on any atom is 0.359 e. The minimum atomic E-state index is -0.734. The van der Waals surface area contributed by atoms with Crippen molar-refractivity contribution < 1.29 is 14.3 Å². The van der Waals surface area contributed by atoms with Gasteiger partial charge in [0.05, 0.1) is 5.39 Å². The van der Waals surface area contributed by atoms with Crippen molar-refractivity contribution in [3.8, 4) is 0 Å². The first-order valence-electron chi connectivity index (χ1n) is 9.99. The monoisotopic (exact) mass is 407 g/mol. The van der Waals surface area contributed by atoms with Gasteiger partial charge in [-0.15, -0.1) is 0 Å². The molecule has 0 atom stereocenters. The summed E-state index contributed by atoms with van der Waals surface area (Å²) >= 11 is 0. The van der Waals surface area contributed by atoms with Crippen LogP contribution in [0.4, 0.5) is 0 Å². The second-order valence-electron chi connectivity index (χ2n) is 7.06. The smallest absolute Gasteiger partial charge is 0.359 e. The predicted molar refractivity (Wildman–Crippen MR) is 114 cm³/mol. The van der Waals surface area contributed by atoms with Gasteiger partial charge in [-0.1, -0.05) is 55.8 Å². The minimum Gasteiger partial charge on any atom is -0.451 e. The van der Waals surface area contributed by atoms with Crippen molar-refractivity contribution in [3.05, 3.63) is 75.7 Å². The number of esters is 1. The van der Waals surface area contributed by atoms with Crippen LogP contribution in [0.25, 0.3) is 10.8 Å². The van der Waals surface area contributed by atoms with Crippen LogP contribution in [0.15, 0.2) is 53.3 Å². The van der Waals surface area contributed by atoms with Gasteiger partial charge < -0.3 is 10.1 Å². The van der Waals surface area contributed by atoms with E-state index in [4.69, 9.17) is 4.74 Å². The molecule has 0 saturated heterocycles. The predicted octanol–water partition coefficient (Wildman–Crippen LogP) is 2.98. The zero-order valence-corrected chi connectivity index (χ0v) is 17.2. The Bertz CT molecular complexity index is 1120. The van der Waals surface area contributed by atoms with Crippen molar-refractivity contribution in [1.29, 1.82) is 0 Å². The molecule has 0 unspecified atom stereocenters. The molecule has 1 aromatic heterocycles. The highest BCUT2D eigenvalue weighted by Crippen LogP contribution is 2.14. The maximum absolute atomic E-state index is 12.6. The van der Waals surface area contributed by atoms with Gasteiger partial charge >= 0.3 is 5.97 Å². The number of aryl methyl sites for hydroxylation is 2. The van der Waals surface area contributed by atoms with Gasteiger partial charge in [-0.25, -0.2) is 9.48 Å². The molecule has 3 aromatic rings. The van der Waals surface area contributed by atoms with E-state index in [9.17, 15) is 14.4 Å². The Labute approximate surface area is 174 Å². The first kappa shape index (κ1) is 21.2. The van der Waals surface area contributed by atoms with Crippen LogP contribution < -0.4 is 10.9 Å². The van der Waals surface area contributed by atoms with Gasteiger partial charge in [-0.2, -0.15) is 5.10 Å². The van der Waals surface area contributed by atoms with E-state index in [0.717, 1.165) is 24.0 Å². The summed E-state index contributed by atoms with van der Waals surface area (Å²) in [5.41, 5.74) is 1.85. The Hall–Kier alpha value is -3.48. The van der Waals surface area contributed by atoms with Crippen LogP contribution in [0.5, 0.6) is 0 Å². The highest BCUT2D eigenvalue weighted by molar-refractivity contribution is 6.02. The number of ether oxygens (including phenoxy) is 1. The highest BCUT2D eigenvalue weighted by Gasteiger charge is 2.19. The number of benzene rings is 2. The second-order valence-corrected chi connectivity index (χ2v) is 7.06. The molecule has 7 heteroatoms. The fourth-order valence-corrected chi connectivity index (χ4v) is 3.10. The number of carbonyl (C=O) groups is 2. The van der Waals surface area contributed by atoms with Crippen LogP contribution >= 0.6 is 0 Å². The van der Waals surface area contributed by atoms with Crippen molar-refractivity contribution in [2.24, 2.45) is 0 Å². The molecule has 0 aliphatic rings. The zero-order chi connectivity index (χ0) is 21.5. The number of hydrogen-bond acceptors (Lipinski definition) is 5. The summed E-state index contributed by atoms with van der Waals surface area (Å²) in [5, 5.41) is 7.78. The lowest BCUT2D eigenvalue weighted by Gasteiger charge is -2.11. The molecule has 0 fully saturated rings. The summed E-state index contributed by atoms with van der Waals surface area (Å²) in [6.45, 7) is 4.32. The van der Waals surface area contributed by atoms with Crippen molar-refractivity contribution in [3.63, 3.8) is 0 Å². The van der Waals surface area contributed by atoms with Gasteiger partial charge in [0, 0.05) is 18.5 Å². The normalized spacial score (nSPS) is 10.7. The van der Waals surface area contributed by atoms with Crippen LogP contribution in [0.1, 0.15) is 41.4 Å². The zero-order valence-electron chi connectivity index (χ0n) is 17.2. The lowest BCUT2D eigenvalue weighted by atomic mass is 10.1. The summed E-state index contributed by atoms with van der Waals surface area (Å²) < 4.78 is 6.48. The molecule has 1 heterocycles. The number of carbonyl (C=O) groups excluding carboxylic acids is 2. The molecule has 0 bridgehead atoms. The third-order valence-electron chi connectivity index (χ3n) is 4.86. The lowest BCUT2D eigenvalue weighted by Crippen LogP contribution is -2.30. The minimum absolute atomic E-state index is 0.0352. The molecule has 30 heavy (non-hydrogen) atoms. The average Bonchev–Trinajstić information content (AvgIpc) is 2.76. The highest BCUT2D eigenvalue weighted by atomic mass is 16.5. The van der Waals surface area contributed by atoms with Gasteiger partial charge in [0.15, 0.2) is 12.3 Å². The van der Waals surface area contributed by atoms with Crippen LogP contribution in [0.2, 0.25) is 0 Å². The van der Waals surface area contributed by atoms with E-state index in [1.165, 1.54) is 4.68 Å². The summed E-state index contributed by atoms with van der Waals surface area (Å²) in [4.78, 5) is 37.4. The van der Waals surface area contributed by atoms with Crippen molar-refractivity contribution >= 4 is 22.6 Å². The number of nitrogens with zero attached hydrogens (tertiary/aromatic N) is 2. The Morgan fingerprint density at radius 2 is 1.77 bits per heavy atom. The van der Waals surface area contributed by atoms with Crippen LogP contribution in [-0.2, 0) is 22.6 Å². The summed E-state index contributed by atoms with van der Waals surface area (Å²) in [6, 6.07) is 14.5. The Morgan fingerprint density at radius 3 is 2.50 bits per heavy atom. The molecule has 2 aromatic carbocycles. The quantitative estimate of drug-likeness (QED) is 0.580. The van der Waals surface area contributed by atoms with Gasteiger partial charge in [0.2, 0.25) is 0 Å². The number of hydrogen-bond donors (Lipinski definition) is 1. The van der Waals surface area contributed by atoms with E-state index in [-0.39, 0.29) is 11.3 Å². The molecule has 0 aliphatic carbocycles. The van der Waals surface area contributed by atoms with Crippen molar-refractivity contribution in [2.45, 2.75) is 39.8 Å². The van der Waals surface area contributed by atoms with Crippen LogP contribution in [0, 0.1) is 6.92 Å². The molecule has 0 aliphatic heterocycles. The molecule has 156 valence electrons. The largest absolute Gasteiger partial charge is 0.451 e. The number of nitrogens with one attached hydrogen (secondary N) is 1. The van der Waals surface area contributed by atoms with Gasteiger partial charge in [-0.3, -0.25) is 9.59 Å². The van der Waals surface area contributed by atoms with E-state index in [0.29, 0.717) is 23.9 Å². The van der Waals surface area contributed by atoms with Gasteiger partial charge in [0.1, 0.15) is 0 Å². The lowest BCUT2D eigenvalue weighted by molar-refractivity contribution is -0.124. The summed E-state index contributed by atoms with van der Waals surface area (Å²) in [5.74, 6) is -1.14. The number of unbranched alkanes of at least 4 members (excludes halogenated alkanes) is 1. The SMILES string of the molecule is CCCCn1nc(C(=O)OCC(=O)NCc2ccccc2C)c2ccccc2c1=O. The van der Waals surface area contributed by atoms with Crippen LogP contribution in [-0.4, -0.2) is 28.3 Å². The standard InChI is InChI=1S/C23H25N3O4/c1-3-4-13-26-22(28)19-12-8-7-11-18(19)21(25-26)23(29)30-15-20(27)24-14-17-10-6-5-9-16(17)2/h5-12H,3-4,13-15H2,1-2H3,(H,24,27). The fraction of sp³-hybridized carbons (Fsp3) is 0.304. The van der Waals surface area contributed by atoms with Gasteiger partial charge in [-0.05, 0) is 30.5 Å². The van der Waals surface area contributed by atoms with Crippen LogP contribution in [0.3, 0.4) is 0 Å². The molecular formula is C23H25N3O4. The number of rotatable bonds is 8. The molecule has 1 amide bonds. The maximum atomic E-state index is 12.6. The Morgan fingerprint density at radius 1 is 1.07 bits per heavy atom. The topological polar surface area (TPSA) is 90.3 Å².